The fourth-order valence-electron chi connectivity index (χ4n) is 2.02. The third-order valence-corrected chi connectivity index (χ3v) is 7.60. The van der Waals surface area contributed by atoms with Crippen LogP contribution in [0.4, 0.5) is 0 Å². The van der Waals surface area contributed by atoms with Gasteiger partial charge in [0, 0.05) is 10.6 Å². The number of rotatable bonds is 3. The lowest BCUT2D eigenvalue weighted by Crippen LogP contribution is -2.15. The number of hydrogen-bond acceptors (Lipinski definition) is 1. The van der Waals surface area contributed by atoms with E-state index in [0.29, 0.717) is 4.22 Å². The van der Waals surface area contributed by atoms with Gasteiger partial charge in [-0.15, -0.1) is 5.73 Å². The first kappa shape index (κ1) is 17.0. The van der Waals surface area contributed by atoms with Gasteiger partial charge >= 0.3 is 0 Å². The van der Waals surface area contributed by atoms with E-state index in [1.807, 2.05) is 66.7 Å². The molecule has 0 aliphatic rings. The van der Waals surface area contributed by atoms with Crippen LogP contribution in [0, 0.1) is 5.41 Å². The van der Waals surface area contributed by atoms with Gasteiger partial charge in [-0.25, -0.2) is 0 Å². The van der Waals surface area contributed by atoms with E-state index in [9.17, 15) is 4.57 Å². The summed E-state index contributed by atoms with van der Waals surface area (Å²) in [4.78, 5) is 0. The van der Waals surface area contributed by atoms with E-state index in [0.717, 1.165) is 10.6 Å². The third kappa shape index (κ3) is 3.90. The minimum Gasteiger partial charge on any atom is -0.307 e. The molecule has 0 N–H and O–H groups in total. The van der Waals surface area contributed by atoms with Crippen LogP contribution < -0.4 is 10.6 Å². The highest BCUT2D eigenvalue weighted by Gasteiger charge is 2.30. The van der Waals surface area contributed by atoms with Crippen molar-refractivity contribution in [1.82, 2.24) is 0 Å². The van der Waals surface area contributed by atoms with Gasteiger partial charge in [0.25, 0.3) is 0 Å². The van der Waals surface area contributed by atoms with E-state index in [1.54, 1.807) is 0 Å². The highest BCUT2D eigenvalue weighted by Crippen LogP contribution is 2.54. The summed E-state index contributed by atoms with van der Waals surface area (Å²) in [6, 6.07) is 19.2. The molecule has 0 saturated carbocycles. The molecule has 0 aliphatic heterocycles. The van der Waals surface area contributed by atoms with Crippen molar-refractivity contribution >= 4 is 33.7 Å². The molecule has 1 nitrogen and oxygen atoms in total. The van der Waals surface area contributed by atoms with Crippen LogP contribution >= 0.6 is 23.1 Å². The molecule has 2 aromatic carbocycles. The van der Waals surface area contributed by atoms with E-state index in [-0.39, 0.29) is 5.41 Å². The molecule has 0 heterocycles. The minimum atomic E-state index is -2.91. The Morgan fingerprint density at radius 3 is 1.73 bits per heavy atom. The van der Waals surface area contributed by atoms with Crippen molar-refractivity contribution in [2.24, 2.45) is 5.41 Å². The summed E-state index contributed by atoms with van der Waals surface area (Å²) in [6.45, 7) is 6.28. The molecular weight excluding hydrogens is 355 g/mol. The minimum absolute atomic E-state index is 0.0166. The number of halogens is 1. The Morgan fingerprint density at radius 2 is 1.36 bits per heavy atom. The van der Waals surface area contributed by atoms with Crippen LogP contribution in [-0.4, -0.2) is 0 Å². The van der Waals surface area contributed by atoms with Gasteiger partial charge in [-0.3, -0.25) is 0 Å². The normalized spacial score (nSPS) is 11.6. The summed E-state index contributed by atoms with van der Waals surface area (Å²) in [5.74, 6) is 0. The summed E-state index contributed by atoms with van der Waals surface area (Å²) in [5, 5.41) is 1.62. The molecule has 3 heteroatoms. The van der Waals surface area contributed by atoms with E-state index in [2.05, 4.69) is 42.4 Å². The molecule has 0 fully saturated rings. The maximum absolute atomic E-state index is 13.9. The highest BCUT2D eigenvalue weighted by atomic mass is 79.9. The molecule has 0 amide bonds. The van der Waals surface area contributed by atoms with Crippen LogP contribution in [0.25, 0.3) is 0 Å². The summed E-state index contributed by atoms with van der Waals surface area (Å²) in [6.07, 6.45) is 1.95. The largest absolute Gasteiger partial charge is 0.307 e. The first-order chi connectivity index (χ1) is 10.3. The molecule has 0 radical (unpaired) electrons. The second kappa shape index (κ2) is 6.84. The lowest BCUT2D eigenvalue weighted by Gasteiger charge is -2.18. The van der Waals surface area contributed by atoms with Gasteiger partial charge < -0.3 is 4.57 Å². The zero-order valence-corrected chi connectivity index (χ0v) is 15.6. The highest BCUT2D eigenvalue weighted by molar-refractivity contribution is 9.13. The average Bonchev–Trinajstić information content (AvgIpc) is 2.52. The van der Waals surface area contributed by atoms with Crippen LogP contribution in [0.2, 0.25) is 0 Å². The Bertz CT molecular complexity index is 693. The molecular formula is C19H20BrOP. The van der Waals surface area contributed by atoms with Gasteiger partial charge in [0.05, 0.1) is 0 Å². The third-order valence-electron chi connectivity index (χ3n) is 3.14. The Morgan fingerprint density at radius 1 is 0.955 bits per heavy atom. The first-order valence-corrected chi connectivity index (χ1v) is 9.69. The molecule has 0 aromatic heterocycles. The van der Waals surface area contributed by atoms with E-state index in [1.165, 1.54) is 0 Å². The molecule has 0 spiro atoms. The molecule has 22 heavy (non-hydrogen) atoms. The quantitative estimate of drug-likeness (QED) is 0.516. The summed E-state index contributed by atoms with van der Waals surface area (Å²) < 4.78 is 14.5. The van der Waals surface area contributed by atoms with Crippen molar-refractivity contribution in [2.45, 2.75) is 20.8 Å². The molecule has 0 unspecified atom stereocenters. The average molecular weight is 375 g/mol. The van der Waals surface area contributed by atoms with Crippen LogP contribution in [0.5, 0.6) is 0 Å². The fourth-order valence-corrected chi connectivity index (χ4v) is 5.54. The standard InChI is InChI=1S/C19H20BrOP/c1-19(2,3)15-14-18(20)22(21,16-10-6-4-7-11-16)17-12-8-5-9-13-17/h4-13,15H,1-3H3. The topological polar surface area (TPSA) is 17.1 Å². The van der Waals surface area contributed by atoms with E-state index < -0.39 is 7.14 Å². The SMILES string of the molecule is CC(C)(C)C=C=C(Br)P(=O)(c1ccccc1)c1ccccc1. The molecule has 2 rings (SSSR count). The first-order valence-electron chi connectivity index (χ1n) is 7.19. The Labute approximate surface area is 141 Å². The summed E-state index contributed by atoms with van der Waals surface area (Å²) >= 11 is 3.54. The monoisotopic (exact) mass is 374 g/mol. The van der Waals surface area contributed by atoms with Gasteiger partial charge in [0.1, 0.15) is 4.22 Å². The molecule has 114 valence electrons. The summed E-state index contributed by atoms with van der Waals surface area (Å²) in [5.41, 5.74) is 3.19. The van der Waals surface area contributed by atoms with Gasteiger partial charge in [-0.1, -0.05) is 81.4 Å². The van der Waals surface area contributed by atoms with Gasteiger partial charge in [0.15, 0.2) is 7.14 Å². The Balaban J connectivity index is 2.68. The zero-order valence-electron chi connectivity index (χ0n) is 13.1. The smallest absolute Gasteiger partial charge is 0.185 e. The Kier molecular flexibility index (Phi) is 5.29. The Hall–Kier alpha value is -1.33. The van der Waals surface area contributed by atoms with Crippen molar-refractivity contribution in [1.29, 1.82) is 0 Å². The van der Waals surface area contributed by atoms with Gasteiger partial charge in [-0.2, -0.15) is 0 Å². The molecule has 2 aromatic rings. The van der Waals surface area contributed by atoms with Gasteiger partial charge in [0.2, 0.25) is 0 Å². The van der Waals surface area contributed by atoms with E-state index in [4.69, 9.17) is 0 Å². The van der Waals surface area contributed by atoms with Crippen LogP contribution in [0.3, 0.4) is 0 Å². The van der Waals surface area contributed by atoms with Crippen molar-refractivity contribution in [3.8, 4) is 0 Å². The second-order valence-electron chi connectivity index (χ2n) is 6.23. The number of benzene rings is 2. The number of hydrogen-bond donors (Lipinski definition) is 0. The van der Waals surface area contributed by atoms with E-state index >= 15 is 0 Å². The molecule has 0 saturated heterocycles. The van der Waals surface area contributed by atoms with Crippen LogP contribution in [-0.2, 0) is 4.57 Å². The molecule has 0 bridgehead atoms. The lowest BCUT2D eigenvalue weighted by molar-refractivity contribution is 0.545. The summed E-state index contributed by atoms with van der Waals surface area (Å²) in [7, 11) is -2.91. The zero-order chi connectivity index (χ0) is 16.2. The molecule has 0 atom stereocenters. The van der Waals surface area contributed by atoms with Crippen LogP contribution in [0.1, 0.15) is 20.8 Å². The van der Waals surface area contributed by atoms with Crippen molar-refractivity contribution < 1.29 is 4.57 Å². The predicted octanol–water partition coefficient (Wildman–Crippen LogP) is 5.44. The van der Waals surface area contributed by atoms with Crippen molar-refractivity contribution in [2.75, 3.05) is 0 Å². The van der Waals surface area contributed by atoms with Gasteiger partial charge in [-0.05, 0) is 27.4 Å². The van der Waals surface area contributed by atoms with Crippen molar-refractivity contribution in [3.05, 3.63) is 76.7 Å². The van der Waals surface area contributed by atoms with Crippen LogP contribution in [0.15, 0.2) is 76.7 Å². The fraction of sp³-hybridized carbons (Fsp3) is 0.211. The lowest BCUT2D eigenvalue weighted by atomic mass is 9.97. The second-order valence-corrected chi connectivity index (χ2v) is 10.3. The maximum atomic E-state index is 13.9. The predicted molar refractivity (Wildman–Crippen MR) is 99.7 cm³/mol. The maximum Gasteiger partial charge on any atom is 0.185 e. The van der Waals surface area contributed by atoms with Crippen molar-refractivity contribution in [3.63, 3.8) is 0 Å². The molecule has 0 aliphatic carbocycles. The number of allylic oxidation sites excluding steroid dienone is 1.